The van der Waals surface area contributed by atoms with Crippen LogP contribution in [-0.2, 0) is 0 Å². The van der Waals surface area contributed by atoms with E-state index in [1.165, 1.54) is 19.2 Å². The number of benzene rings is 2. The van der Waals surface area contributed by atoms with Crippen LogP contribution in [0.4, 0.5) is 0 Å². The highest BCUT2D eigenvalue weighted by Gasteiger charge is 2.14. The summed E-state index contributed by atoms with van der Waals surface area (Å²) in [6, 6.07) is 11.0. The number of nitrogens with zero attached hydrogens (tertiary/aromatic N) is 1. The van der Waals surface area contributed by atoms with Crippen molar-refractivity contribution in [1.29, 1.82) is 0 Å². The second-order valence-electron chi connectivity index (χ2n) is 5.44. The lowest BCUT2D eigenvalue weighted by atomic mass is 10.0. The van der Waals surface area contributed by atoms with Gasteiger partial charge < -0.3 is 14.6 Å². The minimum atomic E-state index is -1.04. The highest BCUT2D eigenvalue weighted by molar-refractivity contribution is 6.35. The Balaban J connectivity index is 1.94. The van der Waals surface area contributed by atoms with Crippen molar-refractivity contribution >= 4 is 40.8 Å². The molecule has 0 spiro atoms. The molecule has 138 valence electrons. The molecule has 0 amide bonds. The zero-order valence-electron chi connectivity index (χ0n) is 13.9. The van der Waals surface area contributed by atoms with Gasteiger partial charge in [0.25, 0.3) is 0 Å². The average molecular weight is 425 g/mol. The molecular formula is C19H12Cl3NO4. The molecule has 0 aliphatic carbocycles. The van der Waals surface area contributed by atoms with E-state index in [1.807, 2.05) is 0 Å². The molecule has 3 aromatic rings. The van der Waals surface area contributed by atoms with Gasteiger partial charge in [0.1, 0.15) is 16.5 Å². The lowest BCUT2D eigenvalue weighted by Gasteiger charge is -2.12. The number of carbonyl (C=O) groups is 1. The Hall–Kier alpha value is -2.47. The molecular weight excluding hydrogens is 413 g/mol. The van der Waals surface area contributed by atoms with Gasteiger partial charge in [0.15, 0.2) is 0 Å². The van der Waals surface area contributed by atoms with Gasteiger partial charge in [-0.1, -0.05) is 34.8 Å². The molecule has 0 atom stereocenters. The number of aromatic nitrogens is 1. The van der Waals surface area contributed by atoms with Crippen LogP contribution in [0.3, 0.4) is 0 Å². The number of carboxylic acids is 1. The van der Waals surface area contributed by atoms with Crippen molar-refractivity contribution in [2.75, 3.05) is 7.11 Å². The van der Waals surface area contributed by atoms with E-state index in [-0.39, 0.29) is 16.5 Å². The summed E-state index contributed by atoms with van der Waals surface area (Å²) in [6.07, 6.45) is 1.55. The van der Waals surface area contributed by atoms with Gasteiger partial charge in [-0.15, -0.1) is 0 Å². The molecule has 0 saturated carbocycles. The average Bonchev–Trinajstić information content (AvgIpc) is 2.62. The fourth-order valence-corrected chi connectivity index (χ4v) is 3.12. The predicted molar refractivity (Wildman–Crippen MR) is 105 cm³/mol. The van der Waals surface area contributed by atoms with Gasteiger partial charge in [-0.2, -0.15) is 0 Å². The number of hydrogen-bond donors (Lipinski definition) is 1. The Bertz CT molecular complexity index is 1000. The van der Waals surface area contributed by atoms with Crippen LogP contribution in [0.25, 0.3) is 11.1 Å². The summed E-state index contributed by atoms with van der Waals surface area (Å²) in [5, 5.41) is 10.2. The van der Waals surface area contributed by atoms with Crippen LogP contribution in [0, 0.1) is 0 Å². The lowest BCUT2D eigenvalue weighted by molar-refractivity contribution is 0.0696. The number of methoxy groups -OCH3 is 1. The monoisotopic (exact) mass is 423 g/mol. The van der Waals surface area contributed by atoms with Crippen molar-refractivity contribution in [1.82, 2.24) is 4.98 Å². The number of carboxylic acid groups (broad SMARTS) is 1. The molecule has 0 unspecified atom stereocenters. The maximum atomic E-state index is 11.1. The lowest BCUT2D eigenvalue weighted by Crippen LogP contribution is -1.98. The Morgan fingerprint density at radius 3 is 2.33 bits per heavy atom. The van der Waals surface area contributed by atoms with Gasteiger partial charge in [-0.3, -0.25) is 0 Å². The van der Waals surface area contributed by atoms with Crippen molar-refractivity contribution in [3.63, 3.8) is 0 Å². The van der Waals surface area contributed by atoms with Crippen LogP contribution >= 0.6 is 34.8 Å². The smallest absolute Gasteiger partial charge is 0.335 e. The molecule has 2 aromatic carbocycles. The number of halogens is 3. The third-order valence-corrected chi connectivity index (χ3v) is 4.32. The number of pyridine rings is 1. The molecule has 8 heteroatoms. The quantitative estimate of drug-likeness (QED) is 0.527. The summed E-state index contributed by atoms with van der Waals surface area (Å²) in [7, 11) is 1.46. The van der Waals surface area contributed by atoms with Gasteiger partial charge in [0, 0.05) is 27.4 Å². The minimum absolute atomic E-state index is 0.118. The van der Waals surface area contributed by atoms with E-state index in [9.17, 15) is 4.79 Å². The van der Waals surface area contributed by atoms with E-state index >= 15 is 0 Å². The SMILES string of the molecule is COc1cc(C(=O)O)ccc1-c1cnc(Oc2cc(Cl)cc(Cl)c2)c(Cl)c1. The third-order valence-electron chi connectivity index (χ3n) is 3.62. The van der Waals surface area contributed by atoms with Crippen LogP contribution in [0.5, 0.6) is 17.4 Å². The van der Waals surface area contributed by atoms with E-state index in [2.05, 4.69) is 4.98 Å². The summed E-state index contributed by atoms with van der Waals surface area (Å²) in [4.78, 5) is 15.3. The number of aromatic carboxylic acids is 1. The summed E-state index contributed by atoms with van der Waals surface area (Å²) >= 11 is 18.2. The summed E-state index contributed by atoms with van der Waals surface area (Å²) < 4.78 is 10.9. The second kappa shape index (κ2) is 8.05. The van der Waals surface area contributed by atoms with Crippen molar-refractivity contribution in [2.45, 2.75) is 0 Å². The van der Waals surface area contributed by atoms with E-state index in [4.69, 9.17) is 49.4 Å². The Labute approximate surface area is 170 Å². The number of hydrogen-bond acceptors (Lipinski definition) is 4. The standard InChI is InChI=1S/C19H12Cl3NO4/c1-26-17-5-10(19(24)25)2-3-15(17)11-4-16(22)18(23-9-11)27-14-7-12(20)6-13(21)8-14/h2-9H,1H3,(H,24,25). The molecule has 1 aromatic heterocycles. The van der Waals surface area contributed by atoms with Gasteiger partial charge in [-0.25, -0.2) is 9.78 Å². The molecule has 5 nitrogen and oxygen atoms in total. The molecule has 1 heterocycles. The highest BCUT2D eigenvalue weighted by atomic mass is 35.5. The zero-order valence-corrected chi connectivity index (χ0v) is 16.1. The van der Waals surface area contributed by atoms with Crippen LogP contribution in [-0.4, -0.2) is 23.2 Å². The fraction of sp³-hybridized carbons (Fsp3) is 0.0526. The molecule has 0 aliphatic rings. The third kappa shape index (κ3) is 4.45. The molecule has 0 fully saturated rings. The van der Waals surface area contributed by atoms with Crippen molar-refractivity contribution in [3.8, 4) is 28.5 Å². The Kier molecular flexibility index (Phi) is 5.75. The Morgan fingerprint density at radius 2 is 1.74 bits per heavy atom. The first-order chi connectivity index (χ1) is 12.9. The highest BCUT2D eigenvalue weighted by Crippen LogP contribution is 2.36. The van der Waals surface area contributed by atoms with Gasteiger partial charge >= 0.3 is 5.97 Å². The maximum absolute atomic E-state index is 11.1. The summed E-state index contributed by atoms with van der Waals surface area (Å²) in [6.45, 7) is 0. The van der Waals surface area contributed by atoms with Crippen LogP contribution in [0.2, 0.25) is 15.1 Å². The van der Waals surface area contributed by atoms with E-state index in [1.54, 1.807) is 36.5 Å². The maximum Gasteiger partial charge on any atom is 0.335 e. The van der Waals surface area contributed by atoms with E-state index in [0.717, 1.165) is 0 Å². The summed E-state index contributed by atoms with van der Waals surface area (Å²) in [5.41, 5.74) is 1.41. The van der Waals surface area contributed by atoms with Gasteiger partial charge in [0.2, 0.25) is 5.88 Å². The van der Waals surface area contributed by atoms with Crippen LogP contribution in [0.15, 0.2) is 48.7 Å². The van der Waals surface area contributed by atoms with Crippen LogP contribution < -0.4 is 9.47 Å². The molecule has 3 rings (SSSR count). The molecule has 0 bridgehead atoms. The fourth-order valence-electron chi connectivity index (χ4n) is 2.41. The predicted octanol–water partition coefficient (Wildman–Crippen LogP) is 6.21. The first kappa shape index (κ1) is 19.3. The zero-order chi connectivity index (χ0) is 19.6. The minimum Gasteiger partial charge on any atom is -0.496 e. The Morgan fingerprint density at radius 1 is 1.04 bits per heavy atom. The van der Waals surface area contributed by atoms with Crippen LogP contribution in [0.1, 0.15) is 10.4 Å². The first-order valence-corrected chi connectivity index (χ1v) is 8.72. The van der Waals surface area contributed by atoms with E-state index in [0.29, 0.717) is 32.7 Å². The van der Waals surface area contributed by atoms with Gasteiger partial charge in [-0.05, 0) is 42.5 Å². The molecule has 27 heavy (non-hydrogen) atoms. The number of ether oxygens (including phenoxy) is 2. The number of rotatable bonds is 5. The first-order valence-electron chi connectivity index (χ1n) is 7.58. The van der Waals surface area contributed by atoms with Crippen molar-refractivity contribution in [3.05, 3.63) is 69.3 Å². The van der Waals surface area contributed by atoms with E-state index < -0.39 is 5.97 Å². The molecule has 0 radical (unpaired) electrons. The molecule has 0 saturated heterocycles. The second-order valence-corrected chi connectivity index (χ2v) is 6.72. The summed E-state index contributed by atoms with van der Waals surface area (Å²) in [5.74, 6) is -0.0686. The van der Waals surface area contributed by atoms with Gasteiger partial charge in [0.05, 0.1) is 12.7 Å². The van der Waals surface area contributed by atoms with Crippen molar-refractivity contribution < 1.29 is 19.4 Å². The normalized spacial score (nSPS) is 10.5. The molecule has 1 N–H and O–H groups in total. The molecule has 0 aliphatic heterocycles. The van der Waals surface area contributed by atoms with Crippen molar-refractivity contribution in [2.24, 2.45) is 0 Å². The largest absolute Gasteiger partial charge is 0.496 e. The topological polar surface area (TPSA) is 68.7 Å².